The number of hydrogen-bond acceptors (Lipinski definition) is 5. The van der Waals surface area contributed by atoms with Gasteiger partial charge in [-0.1, -0.05) is 16.8 Å². The molecule has 0 aromatic carbocycles. The summed E-state index contributed by atoms with van der Waals surface area (Å²) in [6.07, 6.45) is 1.38. The van der Waals surface area contributed by atoms with E-state index in [1.807, 2.05) is 6.92 Å². The van der Waals surface area contributed by atoms with Gasteiger partial charge in [-0.3, -0.25) is 4.79 Å². The number of nitrogens with two attached hydrogens (primary N) is 1. The standard InChI is InChI=1S/C12H13ClN4O2/c1-6-9(7(2)19-17-6)5-16-12(18)8-3-10(13)11(14)15-4-8/h3-4H,5H2,1-2H3,(H2,14,15)(H,16,18). The molecule has 2 aromatic rings. The number of aromatic nitrogens is 2. The van der Waals surface area contributed by atoms with Crippen molar-refractivity contribution in [1.29, 1.82) is 0 Å². The molecule has 2 heterocycles. The minimum atomic E-state index is -0.283. The highest BCUT2D eigenvalue weighted by Gasteiger charge is 2.12. The van der Waals surface area contributed by atoms with Gasteiger partial charge < -0.3 is 15.6 Å². The van der Waals surface area contributed by atoms with E-state index >= 15 is 0 Å². The number of nitrogens with one attached hydrogen (secondary N) is 1. The Kier molecular flexibility index (Phi) is 3.71. The van der Waals surface area contributed by atoms with Crippen LogP contribution >= 0.6 is 11.6 Å². The fourth-order valence-electron chi connectivity index (χ4n) is 1.60. The van der Waals surface area contributed by atoms with Crippen LogP contribution < -0.4 is 11.1 Å². The molecule has 0 aliphatic carbocycles. The fraction of sp³-hybridized carbons (Fsp3) is 0.250. The van der Waals surface area contributed by atoms with Crippen LogP contribution in [0.1, 0.15) is 27.4 Å². The Morgan fingerprint density at radius 3 is 2.84 bits per heavy atom. The second-order valence-electron chi connectivity index (χ2n) is 4.08. The Bertz CT molecular complexity index is 605. The highest BCUT2D eigenvalue weighted by atomic mass is 35.5. The summed E-state index contributed by atoms with van der Waals surface area (Å²) >= 11 is 5.82. The maximum absolute atomic E-state index is 11.9. The molecule has 0 spiro atoms. The SMILES string of the molecule is Cc1noc(C)c1CNC(=O)c1cnc(N)c(Cl)c1. The average molecular weight is 281 g/mol. The zero-order chi connectivity index (χ0) is 14.0. The molecule has 0 saturated heterocycles. The average Bonchev–Trinajstić information content (AvgIpc) is 2.69. The first-order chi connectivity index (χ1) is 8.99. The molecule has 0 bridgehead atoms. The largest absolute Gasteiger partial charge is 0.382 e. The van der Waals surface area contributed by atoms with Crippen LogP contribution in [0.4, 0.5) is 5.82 Å². The van der Waals surface area contributed by atoms with Crippen molar-refractivity contribution in [3.05, 3.63) is 39.9 Å². The number of halogens is 1. The van der Waals surface area contributed by atoms with Crippen LogP contribution in [0.25, 0.3) is 0 Å². The minimum absolute atomic E-state index is 0.198. The molecule has 0 aliphatic heterocycles. The van der Waals surface area contributed by atoms with Crippen molar-refractivity contribution in [2.75, 3.05) is 5.73 Å². The number of rotatable bonds is 3. The smallest absolute Gasteiger partial charge is 0.253 e. The molecule has 0 radical (unpaired) electrons. The quantitative estimate of drug-likeness (QED) is 0.895. The van der Waals surface area contributed by atoms with Gasteiger partial charge >= 0.3 is 0 Å². The first-order valence-electron chi connectivity index (χ1n) is 5.60. The summed E-state index contributed by atoms with van der Waals surface area (Å²) in [5, 5.41) is 6.82. The summed E-state index contributed by atoms with van der Waals surface area (Å²) in [5.41, 5.74) is 7.46. The Morgan fingerprint density at radius 2 is 2.26 bits per heavy atom. The van der Waals surface area contributed by atoms with E-state index in [-0.39, 0.29) is 16.7 Å². The van der Waals surface area contributed by atoms with E-state index < -0.39 is 0 Å². The first-order valence-corrected chi connectivity index (χ1v) is 5.97. The molecule has 3 N–H and O–H groups in total. The molecule has 0 unspecified atom stereocenters. The molecule has 0 saturated carbocycles. The van der Waals surface area contributed by atoms with Gasteiger partial charge in [0.2, 0.25) is 0 Å². The monoisotopic (exact) mass is 280 g/mol. The number of hydrogen-bond donors (Lipinski definition) is 2. The number of anilines is 1. The number of pyridine rings is 1. The van der Waals surface area contributed by atoms with Crippen LogP contribution in [-0.4, -0.2) is 16.0 Å². The van der Waals surface area contributed by atoms with Crippen molar-refractivity contribution < 1.29 is 9.32 Å². The van der Waals surface area contributed by atoms with Crippen LogP contribution in [-0.2, 0) is 6.54 Å². The van der Waals surface area contributed by atoms with Crippen molar-refractivity contribution in [3.8, 4) is 0 Å². The lowest BCUT2D eigenvalue weighted by atomic mass is 10.2. The molecule has 0 aliphatic rings. The van der Waals surface area contributed by atoms with Gasteiger partial charge in [-0.05, 0) is 19.9 Å². The third kappa shape index (κ3) is 2.85. The minimum Gasteiger partial charge on any atom is -0.382 e. The van der Waals surface area contributed by atoms with E-state index in [9.17, 15) is 4.79 Å². The van der Waals surface area contributed by atoms with Crippen molar-refractivity contribution in [2.45, 2.75) is 20.4 Å². The van der Waals surface area contributed by atoms with Crippen molar-refractivity contribution in [1.82, 2.24) is 15.5 Å². The highest BCUT2D eigenvalue weighted by molar-refractivity contribution is 6.33. The van der Waals surface area contributed by atoms with Gasteiger partial charge in [0.25, 0.3) is 5.91 Å². The van der Waals surface area contributed by atoms with Gasteiger partial charge in [-0.2, -0.15) is 0 Å². The molecule has 6 nitrogen and oxygen atoms in total. The number of nitrogens with zero attached hydrogens (tertiary/aromatic N) is 2. The van der Waals surface area contributed by atoms with Gasteiger partial charge in [0, 0.05) is 18.3 Å². The van der Waals surface area contributed by atoms with Crippen molar-refractivity contribution in [2.24, 2.45) is 0 Å². The molecular weight excluding hydrogens is 268 g/mol. The number of aryl methyl sites for hydroxylation is 2. The summed E-state index contributed by atoms with van der Waals surface area (Å²) in [6.45, 7) is 3.95. The summed E-state index contributed by atoms with van der Waals surface area (Å²) in [5.74, 6) is 0.601. The predicted molar refractivity (Wildman–Crippen MR) is 70.8 cm³/mol. The van der Waals surface area contributed by atoms with E-state index in [1.165, 1.54) is 12.3 Å². The van der Waals surface area contributed by atoms with Gasteiger partial charge in [0.15, 0.2) is 0 Å². The van der Waals surface area contributed by atoms with Crippen molar-refractivity contribution in [3.63, 3.8) is 0 Å². The van der Waals surface area contributed by atoms with Crippen LogP contribution in [0.5, 0.6) is 0 Å². The zero-order valence-electron chi connectivity index (χ0n) is 10.5. The summed E-state index contributed by atoms with van der Waals surface area (Å²) in [7, 11) is 0. The normalized spacial score (nSPS) is 10.5. The third-order valence-corrected chi connectivity index (χ3v) is 3.04. The Labute approximate surface area is 114 Å². The maximum Gasteiger partial charge on any atom is 0.253 e. The Balaban J connectivity index is 2.07. The Hall–Kier alpha value is -2.08. The number of amides is 1. The zero-order valence-corrected chi connectivity index (χ0v) is 11.3. The number of carbonyl (C=O) groups excluding carboxylic acids is 1. The summed E-state index contributed by atoms with van der Waals surface area (Å²) < 4.78 is 5.02. The van der Waals surface area contributed by atoms with E-state index in [1.54, 1.807) is 6.92 Å². The van der Waals surface area contributed by atoms with Gasteiger partial charge in [-0.25, -0.2) is 4.98 Å². The van der Waals surface area contributed by atoms with Crippen LogP contribution in [0.15, 0.2) is 16.8 Å². The molecule has 2 rings (SSSR count). The topological polar surface area (TPSA) is 94.0 Å². The van der Waals surface area contributed by atoms with Crippen LogP contribution in [0, 0.1) is 13.8 Å². The lowest BCUT2D eigenvalue weighted by Crippen LogP contribution is -2.23. The molecule has 19 heavy (non-hydrogen) atoms. The number of carbonyl (C=O) groups is 1. The molecule has 7 heteroatoms. The molecule has 1 amide bonds. The predicted octanol–water partition coefficient (Wildman–Crippen LogP) is 1.85. The lowest BCUT2D eigenvalue weighted by Gasteiger charge is -2.05. The fourth-order valence-corrected chi connectivity index (χ4v) is 1.76. The first kappa shape index (κ1) is 13.4. The second-order valence-corrected chi connectivity index (χ2v) is 4.48. The van der Waals surface area contributed by atoms with E-state index in [4.69, 9.17) is 21.9 Å². The molecule has 0 fully saturated rings. The maximum atomic E-state index is 11.9. The lowest BCUT2D eigenvalue weighted by molar-refractivity contribution is 0.0950. The molecule has 2 aromatic heterocycles. The van der Waals surface area contributed by atoms with E-state index in [0.717, 1.165) is 11.3 Å². The van der Waals surface area contributed by atoms with Crippen LogP contribution in [0.2, 0.25) is 5.02 Å². The van der Waals surface area contributed by atoms with E-state index in [2.05, 4.69) is 15.5 Å². The third-order valence-electron chi connectivity index (χ3n) is 2.74. The van der Waals surface area contributed by atoms with Gasteiger partial charge in [0.05, 0.1) is 16.3 Å². The molecule has 0 atom stereocenters. The van der Waals surface area contributed by atoms with Crippen molar-refractivity contribution >= 4 is 23.3 Å². The van der Waals surface area contributed by atoms with Gasteiger partial charge in [-0.15, -0.1) is 0 Å². The second kappa shape index (κ2) is 5.27. The summed E-state index contributed by atoms with van der Waals surface area (Å²) in [4.78, 5) is 15.8. The highest BCUT2D eigenvalue weighted by Crippen LogP contribution is 2.17. The molecular formula is C12H13ClN4O2. The number of nitrogen functional groups attached to an aromatic ring is 1. The molecule has 100 valence electrons. The van der Waals surface area contributed by atoms with Gasteiger partial charge in [0.1, 0.15) is 11.6 Å². The van der Waals surface area contributed by atoms with Crippen LogP contribution in [0.3, 0.4) is 0 Å². The van der Waals surface area contributed by atoms with E-state index in [0.29, 0.717) is 17.9 Å². The summed E-state index contributed by atoms with van der Waals surface area (Å²) in [6, 6.07) is 1.48. The Morgan fingerprint density at radius 1 is 1.53 bits per heavy atom.